The molecule has 0 aliphatic heterocycles. The molecule has 0 saturated heterocycles. The number of amides is 2. The van der Waals surface area contributed by atoms with Gasteiger partial charge in [-0.15, -0.1) is 11.3 Å². The van der Waals surface area contributed by atoms with Crippen molar-refractivity contribution in [1.82, 2.24) is 9.55 Å². The lowest BCUT2D eigenvalue weighted by atomic mass is 10.2. The summed E-state index contributed by atoms with van der Waals surface area (Å²) in [6.45, 7) is 1.64. The van der Waals surface area contributed by atoms with Crippen LogP contribution in [-0.2, 0) is 16.1 Å². The second-order valence-electron chi connectivity index (χ2n) is 7.14. The number of hydrogen-bond acceptors (Lipinski definition) is 6. The maximum Gasteiger partial charge on any atom is 0.272 e. The summed E-state index contributed by atoms with van der Waals surface area (Å²) in [6, 6.07) is 14.4. The number of benzene rings is 2. The molecule has 2 N–H and O–H groups in total. The molecular weight excluding hydrogens is 463 g/mol. The van der Waals surface area contributed by atoms with Gasteiger partial charge in [-0.3, -0.25) is 19.0 Å². The fraction of sp³-hybridized carbons (Fsp3) is 0.130. The highest BCUT2D eigenvalue weighted by Crippen LogP contribution is 2.22. The van der Waals surface area contributed by atoms with Crippen molar-refractivity contribution in [2.24, 2.45) is 0 Å². The van der Waals surface area contributed by atoms with E-state index in [0.29, 0.717) is 26.7 Å². The number of nitrogens with zero attached hydrogens (tertiary/aromatic N) is 2. The highest BCUT2D eigenvalue weighted by Gasteiger charge is 2.15. The summed E-state index contributed by atoms with van der Waals surface area (Å²) in [5, 5.41) is 7.66. The van der Waals surface area contributed by atoms with Crippen molar-refractivity contribution in [2.75, 3.05) is 16.4 Å². The lowest BCUT2D eigenvalue weighted by molar-refractivity contribution is -0.114. The van der Waals surface area contributed by atoms with Gasteiger partial charge in [0.25, 0.3) is 5.56 Å². The summed E-state index contributed by atoms with van der Waals surface area (Å²) in [5.74, 6) is -0.751. The molecule has 0 radical (unpaired) electrons. The molecule has 33 heavy (non-hydrogen) atoms. The van der Waals surface area contributed by atoms with Crippen molar-refractivity contribution in [3.63, 3.8) is 0 Å². The van der Waals surface area contributed by atoms with E-state index in [9.17, 15) is 18.8 Å². The van der Waals surface area contributed by atoms with E-state index in [-0.39, 0.29) is 35.5 Å². The molecule has 2 amide bonds. The molecule has 7 nitrogen and oxygen atoms in total. The molecular formula is C23H19FN4O3S2. The molecule has 0 unspecified atom stereocenters. The number of hydrogen-bond donors (Lipinski definition) is 2. The largest absolute Gasteiger partial charge is 0.326 e. The molecule has 0 spiro atoms. The summed E-state index contributed by atoms with van der Waals surface area (Å²) >= 11 is 2.46. The van der Waals surface area contributed by atoms with Crippen LogP contribution >= 0.6 is 23.1 Å². The number of aromatic nitrogens is 2. The molecule has 0 atom stereocenters. The number of carbonyl (C=O) groups is 2. The molecule has 0 fully saturated rings. The number of nitrogens with one attached hydrogen (secondary N) is 2. The summed E-state index contributed by atoms with van der Waals surface area (Å²) < 4.78 is 15.3. The number of thioether (sulfide) groups is 1. The average Bonchev–Trinajstić information content (AvgIpc) is 3.26. The monoisotopic (exact) mass is 482 g/mol. The second-order valence-corrected chi connectivity index (χ2v) is 9.00. The number of thiophene rings is 1. The van der Waals surface area contributed by atoms with E-state index in [1.807, 2.05) is 0 Å². The van der Waals surface area contributed by atoms with Crippen LogP contribution in [0.5, 0.6) is 0 Å². The Hall–Kier alpha value is -3.50. The summed E-state index contributed by atoms with van der Waals surface area (Å²) in [7, 11) is 0. The molecule has 168 valence electrons. The number of fused-ring (bicyclic) bond motifs is 1. The van der Waals surface area contributed by atoms with E-state index < -0.39 is 0 Å². The third kappa shape index (κ3) is 5.65. The first kappa shape index (κ1) is 22.7. The van der Waals surface area contributed by atoms with E-state index in [1.54, 1.807) is 47.8 Å². The lowest BCUT2D eigenvalue weighted by Crippen LogP contribution is -2.24. The Bertz CT molecular complexity index is 1370. The Morgan fingerprint density at radius 1 is 1.03 bits per heavy atom. The minimum Gasteiger partial charge on any atom is -0.326 e. The van der Waals surface area contributed by atoms with Crippen LogP contribution in [0.2, 0.25) is 0 Å². The quantitative estimate of drug-likeness (QED) is 0.302. The van der Waals surface area contributed by atoms with Crippen molar-refractivity contribution in [3.8, 4) is 0 Å². The third-order valence-electron chi connectivity index (χ3n) is 4.61. The van der Waals surface area contributed by atoms with Crippen LogP contribution < -0.4 is 16.2 Å². The van der Waals surface area contributed by atoms with Gasteiger partial charge in [-0.25, -0.2) is 9.37 Å². The molecule has 2 aromatic carbocycles. The van der Waals surface area contributed by atoms with Gasteiger partial charge in [-0.2, -0.15) is 0 Å². The smallest absolute Gasteiger partial charge is 0.272 e. The molecule has 4 aromatic rings. The number of rotatable bonds is 7. The summed E-state index contributed by atoms with van der Waals surface area (Å²) in [4.78, 5) is 41.2. The molecule has 0 bridgehead atoms. The first-order valence-electron chi connectivity index (χ1n) is 9.92. The van der Waals surface area contributed by atoms with Gasteiger partial charge in [-0.05, 0) is 53.4 Å². The summed E-state index contributed by atoms with van der Waals surface area (Å²) in [6.07, 6.45) is 0. The van der Waals surface area contributed by atoms with Crippen LogP contribution in [0.1, 0.15) is 12.5 Å². The minimum atomic E-state index is -0.352. The topological polar surface area (TPSA) is 93.1 Å². The zero-order chi connectivity index (χ0) is 23.4. The van der Waals surface area contributed by atoms with Crippen molar-refractivity contribution in [3.05, 3.63) is 81.7 Å². The zero-order valence-corrected chi connectivity index (χ0v) is 19.1. The van der Waals surface area contributed by atoms with Crippen LogP contribution in [0, 0.1) is 5.82 Å². The number of halogens is 1. The first-order valence-corrected chi connectivity index (χ1v) is 11.8. The lowest BCUT2D eigenvalue weighted by Gasteiger charge is -2.12. The van der Waals surface area contributed by atoms with Gasteiger partial charge in [0, 0.05) is 18.3 Å². The van der Waals surface area contributed by atoms with Crippen LogP contribution in [0.15, 0.2) is 69.9 Å². The van der Waals surface area contributed by atoms with E-state index >= 15 is 0 Å². The van der Waals surface area contributed by atoms with Crippen LogP contribution in [0.4, 0.5) is 15.8 Å². The third-order valence-corrected chi connectivity index (χ3v) is 6.47. The number of carbonyl (C=O) groups excluding carboxylic acids is 2. The van der Waals surface area contributed by atoms with Crippen molar-refractivity contribution in [2.45, 2.75) is 18.6 Å². The van der Waals surface area contributed by atoms with E-state index in [1.165, 1.54) is 35.0 Å². The highest BCUT2D eigenvalue weighted by molar-refractivity contribution is 7.99. The highest BCUT2D eigenvalue weighted by atomic mass is 32.2. The van der Waals surface area contributed by atoms with Crippen LogP contribution in [0.25, 0.3) is 10.2 Å². The Balaban J connectivity index is 1.50. The molecule has 4 rings (SSSR count). The van der Waals surface area contributed by atoms with Crippen LogP contribution in [-0.4, -0.2) is 27.1 Å². The van der Waals surface area contributed by atoms with Crippen molar-refractivity contribution >= 4 is 56.5 Å². The van der Waals surface area contributed by atoms with Gasteiger partial charge in [-0.1, -0.05) is 23.9 Å². The van der Waals surface area contributed by atoms with E-state index in [4.69, 9.17) is 0 Å². The molecule has 2 heterocycles. The van der Waals surface area contributed by atoms with Gasteiger partial charge in [0.15, 0.2) is 5.16 Å². The van der Waals surface area contributed by atoms with Gasteiger partial charge in [0.2, 0.25) is 11.8 Å². The van der Waals surface area contributed by atoms with Crippen molar-refractivity contribution < 1.29 is 14.0 Å². The Morgan fingerprint density at radius 2 is 1.70 bits per heavy atom. The van der Waals surface area contributed by atoms with Crippen LogP contribution in [0.3, 0.4) is 0 Å². The van der Waals surface area contributed by atoms with E-state index in [0.717, 1.165) is 17.3 Å². The fourth-order valence-corrected chi connectivity index (χ4v) is 4.69. The second kappa shape index (κ2) is 9.97. The Morgan fingerprint density at radius 3 is 2.36 bits per heavy atom. The molecule has 10 heteroatoms. The Kier molecular flexibility index (Phi) is 6.85. The first-order chi connectivity index (χ1) is 15.9. The molecule has 0 saturated carbocycles. The van der Waals surface area contributed by atoms with Crippen molar-refractivity contribution in [1.29, 1.82) is 0 Å². The predicted molar refractivity (Wildman–Crippen MR) is 129 cm³/mol. The average molecular weight is 483 g/mol. The van der Waals surface area contributed by atoms with Gasteiger partial charge in [0.05, 0.1) is 17.8 Å². The van der Waals surface area contributed by atoms with Gasteiger partial charge < -0.3 is 10.6 Å². The van der Waals surface area contributed by atoms with E-state index in [2.05, 4.69) is 15.6 Å². The summed E-state index contributed by atoms with van der Waals surface area (Å²) in [5.41, 5.74) is 2.35. The maximum atomic E-state index is 13.3. The standard InChI is InChI=1S/C23H19FN4O3S2/c1-14(29)25-17-6-8-18(9-7-17)26-20(30)13-33-23-27-19-10-11-32-21(19)22(31)28(23)12-15-2-4-16(24)5-3-15/h2-11H,12-13H2,1H3,(H,25,29)(H,26,30). The predicted octanol–water partition coefficient (Wildman–Crippen LogP) is 4.33. The fourth-order valence-electron chi connectivity index (χ4n) is 3.11. The normalized spacial score (nSPS) is 10.8. The SMILES string of the molecule is CC(=O)Nc1ccc(NC(=O)CSc2nc3ccsc3c(=O)n2Cc2ccc(F)cc2)cc1. The molecule has 0 aliphatic rings. The maximum absolute atomic E-state index is 13.3. The zero-order valence-electron chi connectivity index (χ0n) is 17.5. The Labute approximate surface area is 196 Å². The molecule has 0 aliphatic carbocycles. The minimum absolute atomic E-state index is 0.0406. The number of anilines is 2. The van der Waals surface area contributed by atoms with Gasteiger partial charge >= 0.3 is 0 Å². The van der Waals surface area contributed by atoms with Gasteiger partial charge in [0.1, 0.15) is 10.5 Å². The molecule has 2 aromatic heterocycles.